The maximum Gasteiger partial charge on any atom is 0.309 e. The largest absolute Gasteiger partial charge is 0.458 e. The molecule has 0 bridgehead atoms. The summed E-state index contributed by atoms with van der Waals surface area (Å²) in [4.78, 5) is 11.8. The van der Waals surface area contributed by atoms with E-state index in [1.54, 1.807) is 0 Å². The van der Waals surface area contributed by atoms with Crippen LogP contribution in [-0.2, 0) is 9.53 Å². The van der Waals surface area contributed by atoms with Gasteiger partial charge in [-0.05, 0) is 31.3 Å². The lowest BCUT2D eigenvalue weighted by Crippen LogP contribution is -2.67. The van der Waals surface area contributed by atoms with Gasteiger partial charge in [-0.15, -0.1) is 0 Å². The van der Waals surface area contributed by atoms with Crippen LogP contribution < -0.4 is 0 Å². The highest BCUT2D eigenvalue weighted by Crippen LogP contribution is 2.59. The lowest BCUT2D eigenvalue weighted by Gasteiger charge is -2.58. The Labute approximate surface area is 113 Å². The Morgan fingerprint density at radius 3 is 2.79 bits per heavy atom. The third-order valence-electron chi connectivity index (χ3n) is 5.92. The monoisotopic (exact) mass is 266 g/mol. The predicted octanol–water partition coefficient (Wildman–Crippen LogP) is 1.41. The maximum absolute atomic E-state index is 11.8. The second-order valence-electron chi connectivity index (χ2n) is 6.69. The summed E-state index contributed by atoms with van der Waals surface area (Å²) in [5.41, 5.74) is -1.24. The molecule has 0 aromatic carbocycles. The van der Waals surface area contributed by atoms with Gasteiger partial charge in [0.05, 0.1) is 12.0 Å². The van der Waals surface area contributed by atoms with E-state index in [2.05, 4.69) is 6.58 Å². The Balaban J connectivity index is 2.08. The van der Waals surface area contributed by atoms with E-state index < -0.39 is 23.2 Å². The summed E-state index contributed by atoms with van der Waals surface area (Å²) < 4.78 is 5.47. The Bertz CT molecular complexity index is 445. The normalized spacial score (nSPS) is 53.5. The first-order valence-corrected chi connectivity index (χ1v) is 7.11. The summed E-state index contributed by atoms with van der Waals surface area (Å²) in [6, 6.07) is 0. The number of hydrogen-bond acceptors (Lipinski definition) is 4. The molecule has 106 valence electrons. The first-order valence-electron chi connectivity index (χ1n) is 7.11. The molecule has 1 heterocycles. The summed E-state index contributed by atoms with van der Waals surface area (Å²) in [5, 5.41) is 21.6. The van der Waals surface area contributed by atoms with Gasteiger partial charge in [0.2, 0.25) is 0 Å². The van der Waals surface area contributed by atoms with Crippen molar-refractivity contribution < 1.29 is 19.7 Å². The zero-order chi connectivity index (χ0) is 14.0. The zero-order valence-electron chi connectivity index (χ0n) is 11.6. The van der Waals surface area contributed by atoms with Crippen molar-refractivity contribution in [3.05, 3.63) is 12.2 Å². The third-order valence-corrected chi connectivity index (χ3v) is 5.92. The van der Waals surface area contributed by atoms with Gasteiger partial charge >= 0.3 is 5.97 Å². The van der Waals surface area contributed by atoms with Gasteiger partial charge in [0.15, 0.2) is 0 Å². The van der Waals surface area contributed by atoms with Gasteiger partial charge in [-0.1, -0.05) is 20.4 Å². The molecule has 3 aliphatic rings. The fraction of sp³-hybridized carbons (Fsp3) is 0.800. The van der Waals surface area contributed by atoms with E-state index in [0.29, 0.717) is 24.8 Å². The minimum Gasteiger partial charge on any atom is -0.458 e. The number of aliphatic hydroxyl groups is 2. The maximum atomic E-state index is 11.8. The van der Waals surface area contributed by atoms with E-state index in [-0.39, 0.29) is 17.8 Å². The number of carbonyl (C=O) groups is 1. The quantitative estimate of drug-likeness (QED) is 0.514. The van der Waals surface area contributed by atoms with E-state index in [4.69, 9.17) is 4.74 Å². The number of ether oxygens (including phenoxy) is 1. The second kappa shape index (κ2) is 3.83. The van der Waals surface area contributed by atoms with Gasteiger partial charge < -0.3 is 14.9 Å². The number of hydrogen-bond donors (Lipinski definition) is 2. The molecule has 0 unspecified atom stereocenters. The van der Waals surface area contributed by atoms with Crippen molar-refractivity contribution in [2.75, 3.05) is 0 Å². The Hall–Kier alpha value is -0.870. The first-order chi connectivity index (χ1) is 8.82. The predicted molar refractivity (Wildman–Crippen MR) is 69.2 cm³/mol. The topological polar surface area (TPSA) is 66.8 Å². The highest BCUT2D eigenvalue weighted by atomic mass is 16.6. The number of rotatable bonds is 0. The molecule has 0 radical (unpaired) electrons. The molecule has 0 amide bonds. The van der Waals surface area contributed by atoms with Crippen LogP contribution in [0.25, 0.3) is 0 Å². The van der Waals surface area contributed by atoms with Crippen LogP contribution in [-0.4, -0.2) is 34.0 Å². The standard InChI is InChI=1S/C15H22O4/c1-8-4-5-11(16)14(3)7-6-10-9(2)13(17)19-12(10)15(8,14)18/h9-12,16,18H,1,4-7H2,2-3H3/t9-,10-,11+,12+,14+,15-/m0/s1. The van der Waals surface area contributed by atoms with Crippen LogP contribution in [0.4, 0.5) is 0 Å². The summed E-state index contributed by atoms with van der Waals surface area (Å²) in [7, 11) is 0. The van der Waals surface area contributed by atoms with Crippen molar-refractivity contribution in [2.45, 2.75) is 57.3 Å². The minimum atomic E-state index is -1.28. The van der Waals surface area contributed by atoms with E-state index in [1.807, 2.05) is 13.8 Å². The number of fused-ring (bicyclic) bond motifs is 3. The molecule has 1 saturated heterocycles. The number of carbonyl (C=O) groups excluding carboxylic acids is 1. The van der Waals surface area contributed by atoms with Crippen LogP contribution in [0, 0.1) is 17.3 Å². The van der Waals surface area contributed by atoms with E-state index in [9.17, 15) is 15.0 Å². The molecule has 19 heavy (non-hydrogen) atoms. The van der Waals surface area contributed by atoms with E-state index in [1.165, 1.54) is 0 Å². The smallest absolute Gasteiger partial charge is 0.309 e. The number of esters is 1. The Morgan fingerprint density at radius 2 is 2.11 bits per heavy atom. The molecule has 3 fully saturated rings. The fourth-order valence-corrected chi connectivity index (χ4v) is 4.38. The number of aliphatic hydroxyl groups excluding tert-OH is 1. The van der Waals surface area contributed by atoms with Crippen molar-refractivity contribution >= 4 is 5.97 Å². The van der Waals surface area contributed by atoms with Crippen LogP contribution in [0.2, 0.25) is 0 Å². The molecule has 0 spiro atoms. The van der Waals surface area contributed by atoms with Gasteiger partial charge in [0.25, 0.3) is 0 Å². The average Bonchev–Trinajstić information content (AvgIpc) is 2.66. The van der Waals surface area contributed by atoms with Crippen LogP contribution in [0.1, 0.15) is 39.5 Å². The van der Waals surface area contributed by atoms with Crippen molar-refractivity contribution in [3.63, 3.8) is 0 Å². The minimum absolute atomic E-state index is 0.0348. The Kier molecular flexibility index (Phi) is 2.64. The fourth-order valence-electron chi connectivity index (χ4n) is 4.38. The molecule has 4 nitrogen and oxygen atoms in total. The molecule has 2 saturated carbocycles. The van der Waals surface area contributed by atoms with Gasteiger partial charge in [-0.25, -0.2) is 0 Å². The van der Waals surface area contributed by atoms with Crippen LogP contribution in [0.5, 0.6) is 0 Å². The summed E-state index contributed by atoms with van der Waals surface area (Å²) in [6.07, 6.45) is 1.60. The van der Waals surface area contributed by atoms with Gasteiger partial charge in [-0.2, -0.15) is 0 Å². The molecule has 2 N–H and O–H groups in total. The lowest BCUT2D eigenvalue weighted by atomic mass is 9.51. The van der Waals surface area contributed by atoms with Crippen molar-refractivity contribution in [3.8, 4) is 0 Å². The summed E-state index contributed by atoms with van der Waals surface area (Å²) >= 11 is 0. The molecule has 2 aliphatic carbocycles. The van der Waals surface area contributed by atoms with E-state index >= 15 is 0 Å². The zero-order valence-corrected chi connectivity index (χ0v) is 11.6. The van der Waals surface area contributed by atoms with Crippen LogP contribution >= 0.6 is 0 Å². The van der Waals surface area contributed by atoms with Crippen LogP contribution in [0.15, 0.2) is 12.2 Å². The van der Waals surface area contributed by atoms with Gasteiger partial charge in [0, 0.05) is 11.3 Å². The van der Waals surface area contributed by atoms with Crippen molar-refractivity contribution in [1.29, 1.82) is 0 Å². The lowest BCUT2D eigenvalue weighted by molar-refractivity contribution is -0.216. The molecule has 0 aromatic heterocycles. The van der Waals surface area contributed by atoms with Gasteiger partial charge in [0.1, 0.15) is 11.7 Å². The molecule has 0 aromatic rings. The average molecular weight is 266 g/mol. The molecule has 4 heteroatoms. The molecule has 3 rings (SSSR count). The van der Waals surface area contributed by atoms with Crippen molar-refractivity contribution in [2.24, 2.45) is 17.3 Å². The first kappa shape index (κ1) is 13.1. The highest BCUT2D eigenvalue weighted by molar-refractivity contribution is 5.75. The molecular weight excluding hydrogens is 244 g/mol. The molecule has 1 aliphatic heterocycles. The van der Waals surface area contributed by atoms with Gasteiger partial charge in [-0.3, -0.25) is 4.79 Å². The van der Waals surface area contributed by atoms with Crippen LogP contribution in [0.3, 0.4) is 0 Å². The summed E-state index contributed by atoms with van der Waals surface area (Å²) in [5.74, 6) is -0.376. The molecular formula is C15H22O4. The third kappa shape index (κ3) is 1.39. The highest BCUT2D eigenvalue weighted by Gasteiger charge is 2.67. The summed E-state index contributed by atoms with van der Waals surface area (Å²) in [6.45, 7) is 7.77. The SMILES string of the molecule is C=C1CC[C@@H](O)[C@@]2(C)CC[C@H]3[C@H](C)C(=O)O[C@H]3[C@@]12O. The second-order valence-corrected chi connectivity index (χ2v) is 6.69. The van der Waals surface area contributed by atoms with E-state index in [0.717, 1.165) is 6.42 Å². The molecule has 6 atom stereocenters. The van der Waals surface area contributed by atoms with Crippen molar-refractivity contribution in [1.82, 2.24) is 0 Å². The Morgan fingerprint density at radius 1 is 1.42 bits per heavy atom.